The van der Waals surface area contributed by atoms with Crippen LogP contribution >= 0.6 is 0 Å². The van der Waals surface area contributed by atoms with Crippen LogP contribution in [-0.2, 0) is 21.1 Å². The fourth-order valence-electron chi connectivity index (χ4n) is 3.35. The Bertz CT molecular complexity index is 699. The van der Waals surface area contributed by atoms with E-state index in [1.54, 1.807) is 11.8 Å². The van der Waals surface area contributed by atoms with Crippen LogP contribution in [0.5, 0.6) is 0 Å². The Hall–Kier alpha value is -1.43. The van der Waals surface area contributed by atoms with Gasteiger partial charge in [-0.2, -0.15) is 0 Å². The molecule has 114 valence electrons. The number of hydrogen-bond acceptors (Lipinski definition) is 3. The molecule has 0 N–H and O–H groups in total. The molecule has 21 heavy (non-hydrogen) atoms. The van der Waals surface area contributed by atoms with E-state index in [1.165, 1.54) is 12.1 Å². The molecule has 1 unspecified atom stereocenters. The molecular weight excluding hydrogens is 293 g/mol. The standard InChI is InChI=1S/C15H18FNO3S/c1-10-7-13(16)8-11-3-2-5-17(14(10)11)15(18)12-4-6-21(19,20)9-12/h7-8,12H,2-6,9H2,1H3. The molecule has 2 aliphatic rings. The van der Waals surface area contributed by atoms with Crippen LogP contribution in [0.15, 0.2) is 12.1 Å². The number of sulfone groups is 1. The van der Waals surface area contributed by atoms with Crippen molar-refractivity contribution >= 4 is 21.4 Å². The number of anilines is 1. The average molecular weight is 311 g/mol. The van der Waals surface area contributed by atoms with Crippen molar-refractivity contribution in [3.63, 3.8) is 0 Å². The SMILES string of the molecule is Cc1cc(F)cc2c1N(C(=O)C1CCS(=O)(=O)C1)CCC2. The highest BCUT2D eigenvalue weighted by molar-refractivity contribution is 7.91. The van der Waals surface area contributed by atoms with Gasteiger partial charge < -0.3 is 4.90 Å². The Morgan fingerprint density at radius 1 is 1.38 bits per heavy atom. The predicted octanol–water partition coefficient (Wildman–Crippen LogP) is 1.85. The van der Waals surface area contributed by atoms with Crippen LogP contribution in [0.1, 0.15) is 24.0 Å². The van der Waals surface area contributed by atoms with Gasteiger partial charge in [0, 0.05) is 12.2 Å². The van der Waals surface area contributed by atoms with Gasteiger partial charge >= 0.3 is 0 Å². The van der Waals surface area contributed by atoms with Crippen molar-refractivity contribution in [1.82, 2.24) is 0 Å². The first-order chi connectivity index (χ1) is 9.87. The molecule has 0 aromatic heterocycles. The smallest absolute Gasteiger partial charge is 0.231 e. The average Bonchev–Trinajstić information content (AvgIpc) is 2.77. The number of halogens is 1. The molecule has 6 heteroatoms. The number of fused-ring (bicyclic) bond motifs is 1. The molecule has 0 aliphatic carbocycles. The molecule has 1 fully saturated rings. The van der Waals surface area contributed by atoms with Crippen LogP contribution in [0.3, 0.4) is 0 Å². The number of amides is 1. The van der Waals surface area contributed by atoms with Gasteiger partial charge in [-0.05, 0) is 49.4 Å². The molecule has 1 atom stereocenters. The first kappa shape index (κ1) is 14.5. The number of carbonyl (C=O) groups excluding carboxylic acids is 1. The maximum atomic E-state index is 13.5. The van der Waals surface area contributed by atoms with Crippen molar-refractivity contribution in [3.8, 4) is 0 Å². The fourth-order valence-corrected chi connectivity index (χ4v) is 5.08. The second-order valence-corrected chi connectivity index (χ2v) is 8.15. The molecular formula is C15H18FNO3S. The monoisotopic (exact) mass is 311 g/mol. The van der Waals surface area contributed by atoms with Gasteiger partial charge in [0.2, 0.25) is 5.91 Å². The molecule has 2 aliphatic heterocycles. The minimum Gasteiger partial charge on any atom is -0.312 e. The van der Waals surface area contributed by atoms with Gasteiger partial charge in [0.25, 0.3) is 0 Å². The van der Waals surface area contributed by atoms with Gasteiger partial charge in [-0.25, -0.2) is 12.8 Å². The lowest BCUT2D eigenvalue weighted by Gasteiger charge is -2.32. The maximum Gasteiger partial charge on any atom is 0.231 e. The quantitative estimate of drug-likeness (QED) is 0.795. The third-order valence-corrected chi connectivity index (χ3v) is 6.06. The fraction of sp³-hybridized carbons (Fsp3) is 0.533. The molecule has 1 amide bonds. The number of nitrogens with zero attached hydrogens (tertiary/aromatic N) is 1. The Morgan fingerprint density at radius 2 is 2.14 bits per heavy atom. The molecule has 2 heterocycles. The zero-order chi connectivity index (χ0) is 15.2. The third kappa shape index (κ3) is 2.69. The van der Waals surface area contributed by atoms with Gasteiger partial charge in [0.1, 0.15) is 5.82 Å². The molecule has 1 saturated heterocycles. The molecule has 3 rings (SSSR count). The zero-order valence-electron chi connectivity index (χ0n) is 11.9. The Morgan fingerprint density at radius 3 is 2.81 bits per heavy atom. The van der Waals surface area contributed by atoms with Crippen LogP contribution in [0.2, 0.25) is 0 Å². The second-order valence-electron chi connectivity index (χ2n) is 5.92. The minimum absolute atomic E-state index is 0.0576. The van der Waals surface area contributed by atoms with Crippen LogP contribution in [0.25, 0.3) is 0 Å². The number of carbonyl (C=O) groups is 1. The molecule has 1 aromatic carbocycles. The van der Waals surface area contributed by atoms with E-state index in [9.17, 15) is 17.6 Å². The summed E-state index contributed by atoms with van der Waals surface area (Å²) in [4.78, 5) is 14.3. The van der Waals surface area contributed by atoms with E-state index < -0.39 is 15.8 Å². The topological polar surface area (TPSA) is 54.5 Å². The first-order valence-corrected chi connectivity index (χ1v) is 9.00. The summed E-state index contributed by atoms with van der Waals surface area (Å²) < 4.78 is 36.6. The van der Waals surface area contributed by atoms with Crippen molar-refractivity contribution in [2.24, 2.45) is 5.92 Å². The third-order valence-electron chi connectivity index (χ3n) is 4.29. The van der Waals surface area contributed by atoms with Gasteiger partial charge in [0.05, 0.1) is 17.4 Å². The normalized spacial score (nSPS) is 23.9. The van der Waals surface area contributed by atoms with E-state index in [4.69, 9.17) is 0 Å². The molecule has 0 spiro atoms. The number of rotatable bonds is 1. The lowest BCUT2D eigenvalue weighted by atomic mass is 9.96. The highest BCUT2D eigenvalue weighted by atomic mass is 32.2. The number of benzene rings is 1. The van der Waals surface area contributed by atoms with Crippen molar-refractivity contribution in [1.29, 1.82) is 0 Å². The van der Waals surface area contributed by atoms with Crippen LogP contribution in [0, 0.1) is 18.7 Å². The van der Waals surface area contributed by atoms with E-state index >= 15 is 0 Å². The molecule has 0 saturated carbocycles. The summed E-state index contributed by atoms with van der Waals surface area (Å²) in [5.41, 5.74) is 2.35. The van der Waals surface area contributed by atoms with E-state index in [1.807, 2.05) is 0 Å². The summed E-state index contributed by atoms with van der Waals surface area (Å²) in [6, 6.07) is 2.91. The van der Waals surface area contributed by atoms with Crippen molar-refractivity contribution in [3.05, 3.63) is 29.1 Å². The summed E-state index contributed by atoms with van der Waals surface area (Å²) in [6.07, 6.45) is 1.93. The van der Waals surface area contributed by atoms with Crippen molar-refractivity contribution < 1.29 is 17.6 Å². The van der Waals surface area contributed by atoms with E-state index in [2.05, 4.69) is 0 Å². The summed E-state index contributed by atoms with van der Waals surface area (Å²) in [5.74, 6) is -0.842. The second kappa shape index (κ2) is 5.09. The van der Waals surface area contributed by atoms with Crippen LogP contribution in [-0.4, -0.2) is 32.4 Å². The highest BCUT2D eigenvalue weighted by Crippen LogP contribution is 2.34. The predicted molar refractivity (Wildman–Crippen MR) is 78.6 cm³/mol. The van der Waals surface area contributed by atoms with Gasteiger partial charge in [-0.1, -0.05) is 0 Å². The Kier molecular flexibility index (Phi) is 3.51. The molecule has 1 aromatic rings. The lowest BCUT2D eigenvalue weighted by molar-refractivity contribution is -0.121. The van der Waals surface area contributed by atoms with Gasteiger partial charge in [-0.3, -0.25) is 4.79 Å². The summed E-state index contributed by atoms with van der Waals surface area (Å²) >= 11 is 0. The minimum atomic E-state index is -3.08. The van der Waals surface area contributed by atoms with Crippen molar-refractivity contribution in [2.45, 2.75) is 26.2 Å². The largest absolute Gasteiger partial charge is 0.312 e. The molecule has 4 nitrogen and oxygen atoms in total. The Labute approximate surface area is 123 Å². The zero-order valence-corrected chi connectivity index (χ0v) is 12.7. The Balaban J connectivity index is 1.94. The maximum absolute atomic E-state index is 13.5. The summed E-state index contributed by atoms with van der Waals surface area (Å²) in [6.45, 7) is 2.37. The highest BCUT2D eigenvalue weighted by Gasteiger charge is 2.37. The van der Waals surface area contributed by atoms with Gasteiger partial charge in [0.15, 0.2) is 9.84 Å². The lowest BCUT2D eigenvalue weighted by Crippen LogP contribution is -2.40. The number of aryl methyl sites for hydroxylation is 2. The van der Waals surface area contributed by atoms with Gasteiger partial charge in [-0.15, -0.1) is 0 Å². The molecule has 0 radical (unpaired) electrons. The number of hydrogen-bond donors (Lipinski definition) is 0. The van der Waals surface area contributed by atoms with Crippen LogP contribution < -0.4 is 4.90 Å². The first-order valence-electron chi connectivity index (χ1n) is 7.18. The van der Waals surface area contributed by atoms with E-state index in [-0.39, 0.29) is 23.2 Å². The van der Waals surface area contributed by atoms with Crippen LogP contribution in [0.4, 0.5) is 10.1 Å². The summed E-state index contributed by atoms with van der Waals surface area (Å²) in [5, 5.41) is 0. The van der Waals surface area contributed by atoms with E-state index in [0.717, 1.165) is 29.7 Å². The summed E-state index contributed by atoms with van der Waals surface area (Å²) in [7, 11) is -3.08. The van der Waals surface area contributed by atoms with E-state index in [0.29, 0.717) is 13.0 Å². The molecule has 0 bridgehead atoms. The van der Waals surface area contributed by atoms with Crippen molar-refractivity contribution in [2.75, 3.05) is 23.0 Å².